The molecule has 1 unspecified atom stereocenters. The minimum atomic E-state index is -1.07. The predicted molar refractivity (Wildman–Crippen MR) is 81.9 cm³/mol. The zero-order valence-corrected chi connectivity index (χ0v) is 12.3. The van der Waals surface area contributed by atoms with Crippen LogP contribution >= 0.6 is 0 Å². The molecule has 1 aliphatic heterocycles. The van der Waals surface area contributed by atoms with Gasteiger partial charge < -0.3 is 10.1 Å². The van der Waals surface area contributed by atoms with Crippen LogP contribution in [0.5, 0.6) is 0 Å². The third-order valence-corrected chi connectivity index (χ3v) is 4.10. The highest BCUT2D eigenvalue weighted by atomic mass is 16.6. The average Bonchev–Trinajstić information content (AvgIpc) is 2.94. The highest BCUT2D eigenvalue weighted by molar-refractivity contribution is 5.89. The number of nitrogens with one attached hydrogen (secondary N) is 1. The van der Waals surface area contributed by atoms with Crippen LogP contribution in [0.25, 0.3) is 0 Å². The van der Waals surface area contributed by atoms with Gasteiger partial charge in [0.1, 0.15) is 0 Å². The van der Waals surface area contributed by atoms with E-state index in [-0.39, 0.29) is 18.3 Å². The Bertz CT molecular complexity index is 642. The molecule has 4 heteroatoms. The Morgan fingerprint density at radius 2 is 1.55 bits per heavy atom. The van der Waals surface area contributed by atoms with Gasteiger partial charge in [0.05, 0.1) is 12.3 Å². The molecule has 1 N–H and O–H groups in total. The zero-order valence-electron chi connectivity index (χ0n) is 12.3. The van der Waals surface area contributed by atoms with E-state index in [4.69, 9.17) is 4.74 Å². The summed E-state index contributed by atoms with van der Waals surface area (Å²) in [6.45, 7) is 0. The number of rotatable bonds is 3. The normalized spacial score (nSPS) is 19.5. The van der Waals surface area contributed by atoms with E-state index in [1.807, 2.05) is 60.7 Å². The Labute approximate surface area is 129 Å². The fraction of sp³-hybridized carbons (Fsp3) is 0.222. The van der Waals surface area contributed by atoms with Crippen molar-refractivity contribution in [3.8, 4) is 0 Å². The van der Waals surface area contributed by atoms with Gasteiger partial charge in [-0.1, -0.05) is 60.7 Å². The quantitative estimate of drug-likeness (QED) is 0.884. The lowest BCUT2D eigenvalue weighted by Gasteiger charge is -2.33. The fourth-order valence-electron chi connectivity index (χ4n) is 3.11. The lowest BCUT2D eigenvalue weighted by Crippen LogP contribution is -2.42. The molecule has 4 nitrogen and oxygen atoms in total. The molecule has 2 aromatic carbocycles. The third kappa shape index (κ3) is 2.17. The largest absolute Gasteiger partial charge is 0.448 e. The van der Waals surface area contributed by atoms with Crippen LogP contribution in [-0.4, -0.2) is 18.9 Å². The number of ether oxygens (including phenoxy) is 1. The van der Waals surface area contributed by atoms with E-state index in [9.17, 15) is 9.59 Å². The monoisotopic (exact) mass is 295 g/mol. The van der Waals surface area contributed by atoms with Gasteiger partial charge in [0.25, 0.3) is 0 Å². The van der Waals surface area contributed by atoms with Gasteiger partial charge in [-0.15, -0.1) is 0 Å². The van der Waals surface area contributed by atoms with E-state index < -0.39 is 11.5 Å². The molecular formula is C18H17NO3. The second-order valence-electron chi connectivity index (χ2n) is 5.31. The molecule has 1 aliphatic rings. The first-order valence-electron chi connectivity index (χ1n) is 7.23. The molecule has 0 aliphatic carbocycles. The van der Waals surface area contributed by atoms with Gasteiger partial charge in [-0.3, -0.25) is 9.59 Å². The van der Waals surface area contributed by atoms with E-state index in [1.54, 1.807) is 7.05 Å². The second-order valence-corrected chi connectivity index (χ2v) is 5.31. The number of carbonyl (C=O) groups is 2. The Morgan fingerprint density at radius 3 is 2.00 bits per heavy atom. The van der Waals surface area contributed by atoms with Gasteiger partial charge in [-0.05, 0) is 0 Å². The molecule has 2 aromatic rings. The van der Waals surface area contributed by atoms with Crippen molar-refractivity contribution in [1.29, 1.82) is 0 Å². The van der Waals surface area contributed by atoms with Crippen molar-refractivity contribution in [2.75, 3.05) is 7.05 Å². The molecule has 112 valence electrons. The Hall–Kier alpha value is -2.62. The molecule has 3 rings (SSSR count). The number of carbonyl (C=O) groups excluding carboxylic acids is 2. The first-order chi connectivity index (χ1) is 10.7. The topological polar surface area (TPSA) is 55.4 Å². The zero-order chi connectivity index (χ0) is 15.6. The average molecular weight is 295 g/mol. The molecule has 1 fully saturated rings. The van der Waals surface area contributed by atoms with Gasteiger partial charge in [-0.2, -0.15) is 0 Å². The molecule has 0 bridgehead atoms. The van der Waals surface area contributed by atoms with Crippen molar-refractivity contribution >= 4 is 11.9 Å². The van der Waals surface area contributed by atoms with Gasteiger partial charge in [0, 0.05) is 18.2 Å². The molecule has 1 heterocycles. The smallest absolute Gasteiger partial charge is 0.308 e. The summed E-state index contributed by atoms with van der Waals surface area (Å²) in [6, 6.07) is 18.9. The van der Waals surface area contributed by atoms with Crippen LogP contribution in [0.15, 0.2) is 60.7 Å². The summed E-state index contributed by atoms with van der Waals surface area (Å²) in [5.41, 5.74) is 0.543. The standard InChI is InChI=1S/C18H17NO3/c1-19-17(21)15-12-16(20)22-18(15,13-8-4-2-5-9-13)14-10-6-3-7-11-14/h2-11,15H,12H2,1H3,(H,19,21). The fourth-order valence-corrected chi connectivity index (χ4v) is 3.11. The maximum atomic E-state index is 12.4. The van der Waals surface area contributed by atoms with Crippen LogP contribution in [0, 0.1) is 5.92 Å². The van der Waals surface area contributed by atoms with Gasteiger partial charge in [0.15, 0.2) is 5.60 Å². The van der Waals surface area contributed by atoms with E-state index in [0.717, 1.165) is 11.1 Å². The molecular weight excluding hydrogens is 278 g/mol. The van der Waals surface area contributed by atoms with Crippen molar-refractivity contribution in [2.24, 2.45) is 5.92 Å². The van der Waals surface area contributed by atoms with E-state index >= 15 is 0 Å². The lowest BCUT2D eigenvalue weighted by atomic mass is 9.76. The Morgan fingerprint density at radius 1 is 1.05 bits per heavy atom. The second kappa shape index (κ2) is 5.64. The Kier molecular flexibility index (Phi) is 3.67. The van der Waals surface area contributed by atoms with Gasteiger partial charge in [0.2, 0.25) is 5.91 Å². The maximum Gasteiger partial charge on any atom is 0.308 e. The van der Waals surface area contributed by atoms with Crippen molar-refractivity contribution in [2.45, 2.75) is 12.0 Å². The Balaban J connectivity index is 2.23. The summed E-state index contributed by atoms with van der Waals surface area (Å²) in [7, 11) is 1.58. The molecule has 0 spiro atoms. The van der Waals surface area contributed by atoms with Crippen molar-refractivity contribution in [3.63, 3.8) is 0 Å². The van der Waals surface area contributed by atoms with Gasteiger partial charge >= 0.3 is 5.97 Å². The summed E-state index contributed by atoms with van der Waals surface area (Å²) < 4.78 is 5.76. The minimum absolute atomic E-state index is 0.0729. The molecule has 0 saturated carbocycles. The lowest BCUT2D eigenvalue weighted by molar-refractivity contribution is -0.147. The van der Waals surface area contributed by atoms with Crippen LogP contribution < -0.4 is 5.32 Å². The number of benzene rings is 2. The number of cyclic esters (lactones) is 1. The van der Waals surface area contributed by atoms with Crippen molar-refractivity contribution in [1.82, 2.24) is 5.32 Å². The van der Waals surface area contributed by atoms with Crippen molar-refractivity contribution in [3.05, 3.63) is 71.8 Å². The summed E-state index contributed by atoms with van der Waals surface area (Å²) in [5, 5.41) is 2.65. The van der Waals surface area contributed by atoms with E-state index in [2.05, 4.69) is 5.32 Å². The number of amides is 1. The number of esters is 1. The van der Waals surface area contributed by atoms with Crippen LogP contribution in [0.1, 0.15) is 17.5 Å². The highest BCUT2D eigenvalue weighted by Crippen LogP contribution is 2.47. The molecule has 0 radical (unpaired) electrons. The summed E-state index contributed by atoms with van der Waals surface area (Å²) >= 11 is 0. The highest BCUT2D eigenvalue weighted by Gasteiger charge is 2.54. The van der Waals surface area contributed by atoms with Crippen LogP contribution in [0.2, 0.25) is 0 Å². The first-order valence-corrected chi connectivity index (χ1v) is 7.23. The molecule has 1 atom stereocenters. The molecule has 1 amide bonds. The molecule has 0 aromatic heterocycles. The van der Waals surface area contributed by atoms with Crippen LogP contribution in [-0.2, 0) is 19.9 Å². The summed E-state index contributed by atoms with van der Waals surface area (Å²) in [6.07, 6.45) is 0.0729. The van der Waals surface area contributed by atoms with Crippen molar-refractivity contribution < 1.29 is 14.3 Å². The summed E-state index contributed by atoms with van der Waals surface area (Å²) in [4.78, 5) is 24.4. The van der Waals surface area contributed by atoms with E-state index in [0.29, 0.717) is 0 Å². The SMILES string of the molecule is CNC(=O)C1CC(=O)OC1(c1ccccc1)c1ccccc1. The number of hydrogen-bond donors (Lipinski definition) is 1. The van der Waals surface area contributed by atoms with E-state index in [1.165, 1.54) is 0 Å². The van der Waals surface area contributed by atoms with Gasteiger partial charge in [-0.25, -0.2) is 0 Å². The maximum absolute atomic E-state index is 12.4. The van der Waals surface area contributed by atoms with Crippen LogP contribution in [0.4, 0.5) is 0 Å². The van der Waals surface area contributed by atoms with Crippen LogP contribution in [0.3, 0.4) is 0 Å². The summed E-state index contributed by atoms with van der Waals surface area (Å²) in [5.74, 6) is -1.14. The molecule has 22 heavy (non-hydrogen) atoms. The number of hydrogen-bond acceptors (Lipinski definition) is 3. The minimum Gasteiger partial charge on any atom is -0.448 e. The third-order valence-electron chi connectivity index (χ3n) is 4.10. The first kappa shape index (κ1) is 14.3. The molecule has 1 saturated heterocycles. The predicted octanol–water partition coefficient (Wildman–Crippen LogP) is 2.24.